The molecular formula is C26H25O4P. The number of carbonyl (C=O) groups is 2. The van der Waals surface area contributed by atoms with Gasteiger partial charge in [0, 0.05) is 6.42 Å². The smallest absolute Gasteiger partial charge is 0.345 e. The van der Waals surface area contributed by atoms with Crippen LogP contribution in [0.15, 0.2) is 102 Å². The summed E-state index contributed by atoms with van der Waals surface area (Å²) in [6.45, 7) is -0.911. The molecule has 158 valence electrons. The molecule has 0 radical (unpaired) electrons. The van der Waals surface area contributed by atoms with Gasteiger partial charge >= 0.3 is 5.97 Å². The van der Waals surface area contributed by atoms with Gasteiger partial charge in [0.25, 0.3) is 0 Å². The lowest BCUT2D eigenvalue weighted by molar-refractivity contribution is -0.138. The number of ether oxygens (including phenoxy) is 1. The largest absolute Gasteiger partial charge is 0.507 e. The van der Waals surface area contributed by atoms with Gasteiger partial charge in [-0.05, 0) is 28.6 Å². The van der Waals surface area contributed by atoms with Crippen molar-refractivity contribution in [2.75, 3.05) is 7.11 Å². The molecule has 0 amide bonds. The highest BCUT2D eigenvalue weighted by Gasteiger charge is 2.28. The number of methoxy groups -OCH3 is 1. The number of aliphatic hydroxyl groups is 1. The number of allylic oxidation sites excluding steroid dienone is 1. The van der Waals surface area contributed by atoms with Crippen molar-refractivity contribution < 1.29 is 19.4 Å². The molecule has 0 aliphatic rings. The molecule has 0 heterocycles. The Morgan fingerprint density at radius 1 is 0.806 bits per heavy atom. The van der Waals surface area contributed by atoms with Gasteiger partial charge in [0.15, 0.2) is 5.78 Å². The topological polar surface area (TPSA) is 63.6 Å². The lowest BCUT2D eigenvalue weighted by atomic mass is 10.1. The fraction of sp³-hybridized carbons (Fsp3) is 0.115. The van der Waals surface area contributed by atoms with E-state index in [0.717, 1.165) is 15.9 Å². The first-order valence-corrected chi connectivity index (χ1v) is 11.9. The van der Waals surface area contributed by atoms with Gasteiger partial charge in [-0.3, -0.25) is 4.79 Å². The van der Waals surface area contributed by atoms with E-state index in [0.29, 0.717) is 0 Å². The highest BCUT2D eigenvalue weighted by molar-refractivity contribution is 7.94. The van der Waals surface area contributed by atoms with E-state index in [1.807, 2.05) is 91.0 Å². The second kappa shape index (κ2) is 10.1. The van der Waals surface area contributed by atoms with Crippen molar-refractivity contribution in [2.45, 2.75) is 13.3 Å². The molecule has 0 aliphatic heterocycles. The van der Waals surface area contributed by atoms with Crippen molar-refractivity contribution in [2.24, 2.45) is 0 Å². The van der Waals surface area contributed by atoms with Crippen molar-refractivity contribution in [1.82, 2.24) is 0 Å². The molecule has 0 saturated heterocycles. The molecule has 1 N–H and O–H groups in total. The van der Waals surface area contributed by atoms with Crippen LogP contribution in [0.25, 0.3) is 0 Å². The number of carbonyl (C=O) groups excluding carboxylic acids is 2. The van der Waals surface area contributed by atoms with Crippen LogP contribution in [0.3, 0.4) is 0 Å². The van der Waals surface area contributed by atoms with Crippen LogP contribution in [0.1, 0.15) is 13.3 Å². The van der Waals surface area contributed by atoms with E-state index in [9.17, 15) is 14.7 Å². The van der Waals surface area contributed by atoms with Crippen LogP contribution in [0.4, 0.5) is 0 Å². The quantitative estimate of drug-likeness (QED) is 0.154. The van der Waals surface area contributed by atoms with E-state index in [1.54, 1.807) is 12.7 Å². The molecule has 31 heavy (non-hydrogen) atoms. The molecule has 0 fully saturated rings. The Bertz CT molecular complexity index is 1010. The number of ketones is 1. The second-order valence-corrected chi connectivity index (χ2v) is 10.1. The molecule has 0 bridgehead atoms. The zero-order valence-corrected chi connectivity index (χ0v) is 18.5. The van der Waals surface area contributed by atoms with Gasteiger partial charge in [0.2, 0.25) is 0 Å². The Labute approximate surface area is 182 Å². The standard InChI is InChI=1S/C26H25O4P/c1-3-23(27)25(26(29)30-2)24(28)19-31(20-13-7-4-8-14-20,21-15-9-5-10-16-21)22-17-11-6-12-18-22/h4-19,28H,3H2,1-2H3/b25-24-. The average molecular weight is 432 g/mol. The maximum atomic E-state index is 12.5. The van der Waals surface area contributed by atoms with Crippen LogP contribution in [-0.2, 0) is 14.3 Å². The van der Waals surface area contributed by atoms with Crippen molar-refractivity contribution >= 4 is 40.3 Å². The third-order valence-corrected chi connectivity index (χ3v) is 9.02. The number of aliphatic hydroxyl groups excluding tert-OH is 1. The molecule has 0 aromatic heterocycles. The fourth-order valence-electron chi connectivity index (χ4n) is 3.55. The first-order chi connectivity index (χ1) is 15.0. The Morgan fingerprint density at radius 3 is 1.52 bits per heavy atom. The number of hydrogen-bond donors (Lipinski definition) is 1. The van der Waals surface area contributed by atoms with E-state index in [-0.39, 0.29) is 17.8 Å². The summed E-state index contributed by atoms with van der Waals surface area (Å²) >= 11 is 0. The Kier molecular flexibility index (Phi) is 7.28. The van der Waals surface area contributed by atoms with Gasteiger partial charge in [-0.1, -0.05) is 97.9 Å². The number of esters is 1. The second-order valence-electron chi connectivity index (χ2n) is 6.89. The van der Waals surface area contributed by atoms with Gasteiger partial charge in [0.05, 0.1) is 7.11 Å². The van der Waals surface area contributed by atoms with Crippen LogP contribution in [-0.4, -0.2) is 29.8 Å². The zero-order valence-electron chi connectivity index (χ0n) is 17.6. The molecular weight excluding hydrogens is 407 g/mol. The maximum absolute atomic E-state index is 12.5. The highest BCUT2D eigenvalue weighted by Crippen LogP contribution is 2.44. The fourth-order valence-corrected chi connectivity index (χ4v) is 7.31. The Balaban J connectivity index is 2.50. The third-order valence-electron chi connectivity index (χ3n) is 5.05. The van der Waals surface area contributed by atoms with Gasteiger partial charge < -0.3 is 9.84 Å². The van der Waals surface area contributed by atoms with Crippen molar-refractivity contribution in [3.8, 4) is 0 Å². The van der Waals surface area contributed by atoms with Crippen LogP contribution in [0, 0.1) is 0 Å². The van der Waals surface area contributed by atoms with E-state index >= 15 is 0 Å². The predicted octanol–water partition coefficient (Wildman–Crippen LogP) is 3.75. The molecule has 0 saturated carbocycles. The number of hydrogen-bond acceptors (Lipinski definition) is 4. The van der Waals surface area contributed by atoms with Gasteiger partial charge in [-0.15, -0.1) is 0 Å². The normalized spacial score (nSPS) is 11.9. The van der Waals surface area contributed by atoms with Crippen molar-refractivity contribution in [3.63, 3.8) is 0 Å². The van der Waals surface area contributed by atoms with Gasteiger partial charge in [-0.2, -0.15) is 0 Å². The van der Waals surface area contributed by atoms with E-state index < -0.39 is 18.6 Å². The molecule has 0 spiro atoms. The molecule has 0 aliphatic carbocycles. The van der Waals surface area contributed by atoms with E-state index in [1.165, 1.54) is 7.11 Å². The molecule has 3 rings (SSSR count). The average Bonchev–Trinajstić information content (AvgIpc) is 2.84. The third kappa shape index (κ3) is 4.55. The Morgan fingerprint density at radius 2 is 1.19 bits per heavy atom. The molecule has 3 aromatic rings. The van der Waals surface area contributed by atoms with E-state index in [2.05, 4.69) is 0 Å². The number of rotatable bonds is 7. The lowest BCUT2D eigenvalue weighted by Gasteiger charge is -2.28. The summed E-state index contributed by atoms with van der Waals surface area (Å²) in [7, 11) is 1.20. The van der Waals surface area contributed by atoms with Crippen LogP contribution in [0.5, 0.6) is 0 Å². The number of benzene rings is 3. The monoisotopic (exact) mass is 432 g/mol. The summed E-state index contributed by atoms with van der Waals surface area (Å²) in [5.41, 5.74) is -0.322. The SMILES string of the molecule is CCC(=O)/C(C(=O)OC)=C(/O)C=P(c1ccccc1)(c1ccccc1)c1ccccc1. The molecule has 0 unspecified atom stereocenters. The van der Waals surface area contributed by atoms with Crippen molar-refractivity contribution in [3.05, 3.63) is 102 Å². The first kappa shape index (κ1) is 22.3. The summed E-state index contributed by atoms with van der Waals surface area (Å²) in [4.78, 5) is 24.9. The van der Waals surface area contributed by atoms with Crippen LogP contribution < -0.4 is 15.9 Å². The minimum absolute atomic E-state index is 0.0792. The minimum Gasteiger partial charge on any atom is -0.507 e. The van der Waals surface area contributed by atoms with Gasteiger partial charge in [-0.25, -0.2) is 4.79 Å². The minimum atomic E-state index is -2.56. The van der Waals surface area contributed by atoms with Crippen LogP contribution in [0.2, 0.25) is 0 Å². The summed E-state index contributed by atoms with van der Waals surface area (Å²) in [6, 6.07) is 29.6. The summed E-state index contributed by atoms with van der Waals surface area (Å²) < 4.78 is 4.80. The van der Waals surface area contributed by atoms with E-state index in [4.69, 9.17) is 4.74 Å². The number of Topliss-reactive ketones (excluding diaryl/α,β-unsaturated/α-hetero) is 1. The summed E-state index contributed by atoms with van der Waals surface area (Å²) in [5.74, 6) is 0.0247. The van der Waals surface area contributed by atoms with Crippen molar-refractivity contribution in [1.29, 1.82) is 0 Å². The lowest BCUT2D eigenvalue weighted by Crippen LogP contribution is -2.28. The zero-order chi connectivity index (χ0) is 22.3. The summed E-state index contributed by atoms with van der Waals surface area (Å²) in [5, 5.41) is 14.1. The summed E-state index contributed by atoms with van der Waals surface area (Å²) in [6.07, 6.45) is 0.0792. The van der Waals surface area contributed by atoms with Gasteiger partial charge in [0.1, 0.15) is 11.3 Å². The van der Waals surface area contributed by atoms with Crippen LogP contribution >= 0.6 is 6.89 Å². The predicted molar refractivity (Wildman–Crippen MR) is 128 cm³/mol. The molecule has 0 atom stereocenters. The molecule has 5 heteroatoms. The maximum Gasteiger partial charge on any atom is 0.345 e. The highest BCUT2D eigenvalue weighted by atomic mass is 31.2. The molecule has 4 nitrogen and oxygen atoms in total. The molecule has 3 aromatic carbocycles. The first-order valence-electron chi connectivity index (χ1n) is 10.0. The Hall–Kier alpha value is -3.36.